The zero-order valence-corrected chi connectivity index (χ0v) is 13.5. The maximum absolute atomic E-state index is 13.2. The number of nitrogens with one attached hydrogen (secondary N) is 1. The molecule has 1 aromatic carbocycles. The van der Waals surface area contributed by atoms with E-state index >= 15 is 0 Å². The van der Waals surface area contributed by atoms with Gasteiger partial charge in [0.2, 0.25) is 0 Å². The molecule has 1 unspecified atom stereocenters. The minimum absolute atomic E-state index is 0.0342. The summed E-state index contributed by atoms with van der Waals surface area (Å²) < 4.78 is 41.1. The predicted molar refractivity (Wildman–Crippen MR) is 82.6 cm³/mol. The quantitative estimate of drug-likeness (QED) is 0.822. The van der Waals surface area contributed by atoms with Gasteiger partial charge in [0.15, 0.2) is 17.5 Å². The van der Waals surface area contributed by atoms with Gasteiger partial charge in [0.1, 0.15) is 0 Å². The van der Waals surface area contributed by atoms with E-state index in [0.717, 1.165) is 12.1 Å². The number of carbonyl (C=O) groups excluding carboxylic acids is 1. The maximum atomic E-state index is 13.2. The Morgan fingerprint density at radius 2 is 2.00 bits per heavy atom. The lowest BCUT2D eigenvalue weighted by atomic mass is 10.2. The van der Waals surface area contributed by atoms with Gasteiger partial charge in [-0.2, -0.15) is 5.10 Å². The van der Waals surface area contributed by atoms with E-state index in [2.05, 4.69) is 10.4 Å². The molecule has 0 saturated heterocycles. The number of hydrogen-bond acceptors (Lipinski definition) is 2. The Bertz CT molecular complexity index is 668. The Labute approximate surface area is 138 Å². The lowest BCUT2D eigenvalue weighted by Gasteiger charge is -2.20. The highest BCUT2D eigenvalue weighted by molar-refractivity contribution is 5.73. The van der Waals surface area contributed by atoms with Gasteiger partial charge in [0, 0.05) is 39.1 Å². The van der Waals surface area contributed by atoms with E-state index in [-0.39, 0.29) is 24.1 Å². The van der Waals surface area contributed by atoms with Crippen molar-refractivity contribution in [3.63, 3.8) is 0 Å². The summed E-state index contributed by atoms with van der Waals surface area (Å²) >= 11 is 0. The third kappa shape index (κ3) is 4.74. The predicted octanol–water partition coefficient (Wildman–Crippen LogP) is 2.78. The molecular formula is C16H19F3N4O. The molecule has 1 aromatic heterocycles. The van der Waals surface area contributed by atoms with Crippen molar-refractivity contribution in [3.8, 4) is 0 Å². The molecule has 1 atom stereocenters. The fourth-order valence-corrected chi connectivity index (χ4v) is 2.23. The van der Waals surface area contributed by atoms with E-state index in [4.69, 9.17) is 0 Å². The first-order valence-electron chi connectivity index (χ1n) is 7.46. The Balaban J connectivity index is 1.83. The topological polar surface area (TPSA) is 50.2 Å². The van der Waals surface area contributed by atoms with E-state index in [1.54, 1.807) is 10.9 Å². The second-order valence-electron chi connectivity index (χ2n) is 5.75. The monoisotopic (exact) mass is 340 g/mol. The molecule has 2 rings (SSSR count). The van der Waals surface area contributed by atoms with E-state index in [9.17, 15) is 18.0 Å². The standard InChI is InChI=1S/C16H19F3N4O/c1-11(9-23-5-3-4-21-23)8-20-16(24)22(2)10-12-6-13(17)15(19)14(18)7-12/h3-7,11H,8-10H2,1-2H3,(H,20,24). The number of urea groups is 1. The number of benzene rings is 1. The van der Waals surface area contributed by atoms with Gasteiger partial charge in [-0.1, -0.05) is 6.92 Å². The van der Waals surface area contributed by atoms with Gasteiger partial charge < -0.3 is 10.2 Å². The Kier molecular flexibility index (Phi) is 5.83. The van der Waals surface area contributed by atoms with Crippen molar-refractivity contribution in [2.24, 2.45) is 5.92 Å². The first kappa shape index (κ1) is 17.8. The highest BCUT2D eigenvalue weighted by Gasteiger charge is 2.15. The molecule has 130 valence electrons. The van der Waals surface area contributed by atoms with Gasteiger partial charge in [-0.15, -0.1) is 0 Å². The van der Waals surface area contributed by atoms with Crippen LogP contribution >= 0.6 is 0 Å². The molecule has 5 nitrogen and oxygen atoms in total. The molecule has 0 aliphatic carbocycles. The fraction of sp³-hybridized carbons (Fsp3) is 0.375. The van der Waals surface area contributed by atoms with Gasteiger partial charge >= 0.3 is 6.03 Å². The van der Waals surface area contributed by atoms with E-state index in [1.807, 2.05) is 19.2 Å². The molecule has 24 heavy (non-hydrogen) atoms. The molecule has 0 saturated carbocycles. The molecule has 8 heteroatoms. The van der Waals surface area contributed by atoms with E-state index < -0.39 is 17.5 Å². The largest absolute Gasteiger partial charge is 0.338 e. The molecule has 1 N–H and O–H groups in total. The van der Waals surface area contributed by atoms with Crippen LogP contribution < -0.4 is 5.32 Å². The average molecular weight is 340 g/mol. The Morgan fingerprint density at radius 3 is 2.58 bits per heavy atom. The van der Waals surface area contributed by atoms with Crippen molar-refractivity contribution < 1.29 is 18.0 Å². The molecule has 0 bridgehead atoms. The molecular weight excluding hydrogens is 321 g/mol. The lowest BCUT2D eigenvalue weighted by molar-refractivity contribution is 0.204. The number of carbonyl (C=O) groups is 1. The van der Waals surface area contributed by atoms with E-state index in [0.29, 0.717) is 13.1 Å². The van der Waals surface area contributed by atoms with Crippen LogP contribution in [0.3, 0.4) is 0 Å². The first-order chi connectivity index (χ1) is 11.4. The molecule has 0 spiro atoms. The maximum Gasteiger partial charge on any atom is 0.317 e. The Hall–Kier alpha value is -2.51. The number of aromatic nitrogens is 2. The van der Waals surface area contributed by atoms with Gasteiger partial charge in [0.25, 0.3) is 0 Å². The lowest BCUT2D eigenvalue weighted by Crippen LogP contribution is -2.39. The summed E-state index contributed by atoms with van der Waals surface area (Å²) in [7, 11) is 1.49. The number of halogens is 3. The fourth-order valence-electron chi connectivity index (χ4n) is 2.23. The summed E-state index contributed by atoms with van der Waals surface area (Å²) in [6.07, 6.45) is 3.52. The van der Waals surface area contributed by atoms with Crippen LogP contribution in [-0.4, -0.2) is 34.3 Å². The molecule has 2 aromatic rings. The van der Waals surface area contributed by atoms with Crippen LogP contribution in [0.1, 0.15) is 12.5 Å². The minimum Gasteiger partial charge on any atom is -0.338 e. The molecule has 2 amide bonds. The average Bonchev–Trinajstić information content (AvgIpc) is 3.03. The first-order valence-corrected chi connectivity index (χ1v) is 7.46. The SMILES string of the molecule is CC(CNC(=O)N(C)Cc1cc(F)c(F)c(F)c1)Cn1cccn1. The second kappa shape index (κ2) is 7.85. The molecule has 0 fully saturated rings. The van der Waals surface area contributed by atoms with Crippen molar-refractivity contribution in [1.82, 2.24) is 20.0 Å². The third-order valence-corrected chi connectivity index (χ3v) is 3.47. The van der Waals surface area contributed by atoms with E-state index in [1.165, 1.54) is 11.9 Å². The summed E-state index contributed by atoms with van der Waals surface area (Å²) in [5.74, 6) is -3.90. The Morgan fingerprint density at radius 1 is 1.33 bits per heavy atom. The number of hydrogen-bond donors (Lipinski definition) is 1. The van der Waals surface area contributed by atoms with Crippen LogP contribution in [0.4, 0.5) is 18.0 Å². The minimum atomic E-state index is -1.52. The zero-order chi connectivity index (χ0) is 17.7. The highest BCUT2D eigenvalue weighted by atomic mass is 19.2. The summed E-state index contributed by atoms with van der Waals surface area (Å²) in [6.45, 7) is 3.01. The van der Waals surface area contributed by atoms with Gasteiger partial charge in [0.05, 0.1) is 0 Å². The van der Waals surface area contributed by atoms with Crippen LogP contribution in [0.5, 0.6) is 0 Å². The molecule has 0 aliphatic heterocycles. The van der Waals surface area contributed by atoms with Crippen molar-refractivity contribution in [2.45, 2.75) is 20.0 Å². The summed E-state index contributed by atoms with van der Waals surface area (Å²) in [5.41, 5.74) is 0.175. The highest BCUT2D eigenvalue weighted by Crippen LogP contribution is 2.14. The summed E-state index contributed by atoms with van der Waals surface area (Å²) in [4.78, 5) is 13.3. The van der Waals surface area contributed by atoms with Crippen molar-refractivity contribution in [3.05, 3.63) is 53.6 Å². The molecule has 0 radical (unpaired) electrons. The van der Waals surface area contributed by atoms with Crippen LogP contribution in [0, 0.1) is 23.4 Å². The number of rotatable bonds is 6. The van der Waals surface area contributed by atoms with Gasteiger partial charge in [-0.25, -0.2) is 18.0 Å². The van der Waals surface area contributed by atoms with Crippen molar-refractivity contribution in [2.75, 3.05) is 13.6 Å². The second-order valence-corrected chi connectivity index (χ2v) is 5.75. The smallest absolute Gasteiger partial charge is 0.317 e. The van der Waals surface area contributed by atoms with Crippen LogP contribution in [0.2, 0.25) is 0 Å². The summed E-state index contributed by atoms with van der Waals surface area (Å²) in [5, 5.41) is 6.83. The van der Waals surface area contributed by atoms with Crippen molar-refractivity contribution in [1.29, 1.82) is 0 Å². The van der Waals surface area contributed by atoms with Crippen molar-refractivity contribution >= 4 is 6.03 Å². The van der Waals surface area contributed by atoms with Crippen LogP contribution in [0.25, 0.3) is 0 Å². The normalized spacial score (nSPS) is 12.0. The van der Waals surface area contributed by atoms with Crippen LogP contribution in [-0.2, 0) is 13.1 Å². The van der Waals surface area contributed by atoms with Gasteiger partial charge in [-0.3, -0.25) is 4.68 Å². The number of nitrogens with zero attached hydrogens (tertiary/aromatic N) is 3. The third-order valence-electron chi connectivity index (χ3n) is 3.47. The van der Waals surface area contributed by atoms with Crippen LogP contribution in [0.15, 0.2) is 30.6 Å². The number of amides is 2. The summed E-state index contributed by atoms with van der Waals surface area (Å²) in [6, 6.07) is 3.19. The zero-order valence-electron chi connectivity index (χ0n) is 13.5. The molecule has 1 heterocycles. The van der Waals surface area contributed by atoms with Gasteiger partial charge in [-0.05, 0) is 29.7 Å². The molecule has 0 aliphatic rings.